The van der Waals surface area contributed by atoms with Crippen LogP contribution in [0.15, 0.2) is 17.1 Å². The SMILES string of the molecule is C=C(C)CNC(=NCC(=O)N(C)C)N1CCC(OCC2CCCCO2)CC1.I. The van der Waals surface area contributed by atoms with Crippen molar-refractivity contribution in [2.45, 2.75) is 51.2 Å². The van der Waals surface area contributed by atoms with Gasteiger partial charge in [0.2, 0.25) is 5.91 Å². The average Bonchev–Trinajstić information content (AvgIpc) is 2.67. The standard InChI is InChI=1S/C20H36N4O3.HI/c1-16(2)13-21-20(22-14-19(25)23(3)4)24-10-8-17(9-11-24)27-15-18-7-5-6-12-26-18;/h17-18H,1,5-15H2,2-4H3,(H,21,22);1H. The van der Waals surface area contributed by atoms with Crippen molar-refractivity contribution in [2.75, 3.05) is 53.5 Å². The maximum Gasteiger partial charge on any atom is 0.243 e. The number of amides is 1. The summed E-state index contributed by atoms with van der Waals surface area (Å²) in [4.78, 5) is 20.2. The van der Waals surface area contributed by atoms with Crippen LogP contribution in [-0.4, -0.2) is 87.4 Å². The van der Waals surface area contributed by atoms with E-state index in [2.05, 4.69) is 21.8 Å². The Hall–Kier alpha value is -0.870. The van der Waals surface area contributed by atoms with E-state index in [-0.39, 0.29) is 48.6 Å². The molecule has 0 spiro atoms. The predicted molar refractivity (Wildman–Crippen MR) is 123 cm³/mol. The van der Waals surface area contributed by atoms with Gasteiger partial charge in [-0.2, -0.15) is 0 Å². The normalized spacial score (nSPS) is 21.0. The monoisotopic (exact) mass is 508 g/mol. The van der Waals surface area contributed by atoms with Crippen LogP contribution in [0.2, 0.25) is 0 Å². The number of nitrogens with zero attached hydrogens (tertiary/aromatic N) is 3. The summed E-state index contributed by atoms with van der Waals surface area (Å²) in [6, 6.07) is 0. The first kappa shape index (κ1) is 25.2. The molecular weight excluding hydrogens is 471 g/mol. The van der Waals surface area contributed by atoms with Gasteiger partial charge in [0.15, 0.2) is 5.96 Å². The van der Waals surface area contributed by atoms with Gasteiger partial charge in [0.1, 0.15) is 6.54 Å². The lowest BCUT2D eigenvalue weighted by molar-refractivity contribution is -0.127. The van der Waals surface area contributed by atoms with Crippen molar-refractivity contribution in [3.05, 3.63) is 12.2 Å². The molecule has 0 saturated carbocycles. The number of likely N-dealkylation sites (tertiary alicyclic amines) is 1. The second-order valence-corrected chi connectivity index (χ2v) is 7.75. The van der Waals surface area contributed by atoms with Gasteiger partial charge in [-0.05, 0) is 39.0 Å². The highest BCUT2D eigenvalue weighted by molar-refractivity contribution is 14.0. The second kappa shape index (κ2) is 13.4. The molecule has 28 heavy (non-hydrogen) atoms. The largest absolute Gasteiger partial charge is 0.376 e. The van der Waals surface area contributed by atoms with Crippen LogP contribution in [0.1, 0.15) is 39.0 Å². The predicted octanol–water partition coefficient (Wildman–Crippen LogP) is 2.26. The molecule has 0 aromatic heterocycles. The fourth-order valence-electron chi connectivity index (χ4n) is 3.20. The Morgan fingerprint density at radius 2 is 2.00 bits per heavy atom. The summed E-state index contributed by atoms with van der Waals surface area (Å²) in [5.41, 5.74) is 1.03. The number of likely N-dealkylation sites (N-methyl/N-ethyl adjacent to an activating group) is 1. The molecular formula is C20H37IN4O3. The number of halogens is 1. The molecule has 2 aliphatic rings. The molecule has 1 atom stereocenters. The molecule has 162 valence electrons. The molecule has 0 aliphatic carbocycles. The van der Waals surface area contributed by atoms with Crippen LogP contribution in [0.25, 0.3) is 0 Å². The summed E-state index contributed by atoms with van der Waals surface area (Å²) in [5, 5.41) is 3.33. The minimum absolute atomic E-state index is 0. The molecule has 0 bridgehead atoms. The van der Waals surface area contributed by atoms with E-state index in [9.17, 15) is 4.79 Å². The first-order chi connectivity index (χ1) is 13.0. The zero-order valence-electron chi connectivity index (χ0n) is 17.6. The fraction of sp³-hybridized carbons (Fsp3) is 0.800. The van der Waals surface area contributed by atoms with E-state index < -0.39 is 0 Å². The Morgan fingerprint density at radius 3 is 2.57 bits per heavy atom. The zero-order chi connectivity index (χ0) is 19.6. The number of hydrogen-bond acceptors (Lipinski definition) is 4. The summed E-state index contributed by atoms with van der Waals surface area (Å²) >= 11 is 0. The van der Waals surface area contributed by atoms with Gasteiger partial charge >= 0.3 is 0 Å². The van der Waals surface area contributed by atoms with E-state index in [1.807, 2.05) is 6.92 Å². The average molecular weight is 508 g/mol. The Bertz CT molecular complexity index is 514. The molecule has 2 saturated heterocycles. The number of hydrogen-bond donors (Lipinski definition) is 1. The van der Waals surface area contributed by atoms with Gasteiger partial charge in [-0.1, -0.05) is 12.2 Å². The Balaban J connectivity index is 0.00000392. The number of nitrogens with one attached hydrogen (secondary N) is 1. The molecule has 2 heterocycles. The molecule has 1 unspecified atom stereocenters. The molecule has 0 radical (unpaired) electrons. The molecule has 7 nitrogen and oxygen atoms in total. The van der Waals surface area contributed by atoms with E-state index in [1.165, 1.54) is 12.8 Å². The van der Waals surface area contributed by atoms with Crippen molar-refractivity contribution < 1.29 is 14.3 Å². The van der Waals surface area contributed by atoms with Gasteiger partial charge in [-0.25, -0.2) is 4.99 Å². The first-order valence-electron chi connectivity index (χ1n) is 10.1. The molecule has 8 heteroatoms. The minimum atomic E-state index is -0.00433. The number of carbonyl (C=O) groups excluding carboxylic acids is 1. The van der Waals surface area contributed by atoms with Crippen LogP contribution >= 0.6 is 24.0 Å². The van der Waals surface area contributed by atoms with Crippen LogP contribution in [0.5, 0.6) is 0 Å². The minimum Gasteiger partial charge on any atom is -0.376 e. The highest BCUT2D eigenvalue weighted by Crippen LogP contribution is 2.18. The van der Waals surface area contributed by atoms with Crippen LogP contribution in [-0.2, 0) is 14.3 Å². The summed E-state index contributed by atoms with van der Waals surface area (Å²) in [6.45, 7) is 10.0. The number of carbonyl (C=O) groups is 1. The fourth-order valence-corrected chi connectivity index (χ4v) is 3.20. The van der Waals surface area contributed by atoms with E-state index >= 15 is 0 Å². The number of ether oxygens (including phenoxy) is 2. The molecule has 2 fully saturated rings. The van der Waals surface area contributed by atoms with Crippen LogP contribution in [0, 0.1) is 0 Å². The lowest BCUT2D eigenvalue weighted by Crippen LogP contribution is -2.48. The maximum absolute atomic E-state index is 11.9. The summed E-state index contributed by atoms with van der Waals surface area (Å²) < 4.78 is 11.8. The van der Waals surface area contributed by atoms with Crippen molar-refractivity contribution in [2.24, 2.45) is 4.99 Å². The Morgan fingerprint density at radius 1 is 1.29 bits per heavy atom. The smallest absolute Gasteiger partial charge is 0.243 e. The van der Waals surface area contributed by atoms with Crippen LogP contribution in [0.3, 0.4) is 0 Å². The van der Waals surface area contributed by atoms with Crippen molar-refractivity contribution in [1.29, 1.82) is 0 Å². The lowest BCUT2D eigenvalue weighted by atomic mass is 10.1. The number of piperidine rings is 1. The molecule has 1 amide bonds. The van der Waals surface area contributed by atoms with Gasteiger partial charge in [-0.15, -0.1) is 24.0 Å². The quantitative estimate of drug-likeness (QED) is 0.248. The molecule has 2 rings (SSSR count). The maximum atomic E-state index is 11.9. The summed E-state index contributed by atoms with van der Waals surface area (Å²) in [7, 11) is 3.50. The van der Waals surface area contributed by atoms with Gasteiger partial charge in [0, 0.05) is 40.3 Å². The molecule has 2 aliphatic heterocycles. The van der Waals surface area contributed by atoms with Crippen molar-refractivity contribution in [1.82, 2.24) is 15.1 Å². The molecule has 0 aromatic carbocycles. The highest BCUT2D eigenvalue weighted by Gasteiger charge is 2.24. The topological polar surface area (TPSA) is 66.4 Å². The third-order valence-electron chi connectivity index (χ3n) is 4.94. The highest BCUT2D eigenvalue weighted by atomic mass is 127. The number of guanidine groups is 1. The van der Waals surface area contributed by atoms with Crippen LogP contribution in [0.4, 0.5) is 0 Å². The third-order valence-corrected chi connectivity index (χ3v) is 4.94. The van der Waals surface area contributed by atoms with E-state index in [0.29, 0.717) is 13.2 Å². The van der Waals surface area contributed by atoms with Crippen molar-refractivity contribution >= 4 is 35.8 Å². The Labute approximate surface area is 186 Å². The number of rotatable bonds is 7. The lowest BCUT2D eigenvalue weighted by Gasteiger charge is -2.35. The van der Waals surface area contributed by atoms with Gasteiger partial charge in [0.25, 0.3) is 0 Å². The van der Waals surface area contributed by atoms with E-state index in [0.717, 1.165) is 50.5 Å². The molecule has 0 aromatic rings. The molecule has 1 N–H and O–H groups in total. The van der Waals surface area contributed by atoms with Gasteiger partial charge in [-0.3, -0.25) is 4.79 Å². The second-order valence-electron chi connectivity index (χ2n) is 7.75. The summed E-state index contributed by atoms with van der Waals surface area (Å²) in [6.07, 6.45) is 5.99. The van der Waals surface area contributed by atoms with Crippen molar-refractivity contribution in [3.8, 4) is 0 Å². The third kappa shape index (κ3) is 9.09. The Kier molecular flexibility index (Phi) is 12.0. The van der Waals surface area contributed by atoms with Crippen molar-refractivity contribution in [3.63, 3.8) is 0 Å². The zero-order valence-corrected chi connectivity index (χ0v) is 19.9. The van der Waals surface area contributed by atoms with Crippen LogP contribution < -0.4 is 5.32 Å². The number of aliphatic imine (C=N–C) groups is 1. The van der Waals surface area contributed by atoms with E-state index in [4.69, 9.17) is 9.47 Å². The van der Waals surface area contributed by atoms with E-state index in [1.54, 1.807) is 19.0 Å². The van der Waals surface area contributed by atoms with Gasteiger partial charge in [0.05, 0.1) is 18.8 Å². The summed E-state index contributed by atoms with van der Waals surface area (Å²) in [5.74, 6) is 0.776. The first-order valence-corrected chi connectivity index (χ1v) is 10.1. The van der Waals surface area contributed by atoms with Gasteiger partial charge < -0.3 is 24.6 Å².